The molecule has 0 aliphatic carbocycles. The van der Waals surface area contributed by atoms with Crippen molar-refractivity contribution in [3.63, 3.8) is 0 Å². The summed E-state index contributed by atoms with van der Waals surface area (Å²) in [7, 11) is -0.661. The Kier molecular flexibility index (Phi) is 6.93. The number of halogens is 1. The van der Waals surface area contributed by atoms with E-state index in [4.69, 9.17) is 21.1 Å². The van der Waals surface area contributed by atoms with E-state index in [0.29, 0.717) is 24.8 Å². The molecule has 1 unspecified atom stereocenters. The molecular weight excluding hydrogens is 314 g/mol. The van der Waals surface area contributed by atoms with E-state index in [1.165, 1.54) is 17.5 Å². The molecule has 0 aliphatic heterocycles. The minimum absolute atomic E-state index is 0.142. The van der Waals surface area contributed by atoms with Crippen molar-refractivity contribution >= 4 is 21.6 Å². The third-order valence-corrected chi connectivity index (χ3v) is 5.62. The maximum Gasteiger partial charge on any atom is 0.247 e. The first-order chi connectivity index (χ1) is 9.92. The minimum Gasteiger partial charge on any atom is -0.495 e. The van der Waals surface area contributed by atoms with Gasteiger partial charge in [-0.2, -0.15) is 4.31 Å². The molecule has 1 rings (SSSR count). The lowest BCUT2D eigenvalue weighted by atomic mass is 10.2. The number of rotatable bonds is 8. The van der Waals surface area contributed by atoms with Crippen LogP contribution in [0.5, 0.6) is 5.75 Å². The largest absolute Gasteiger partial charge is 0.495 e. The van der Waals surface area contributed by atoms with Gasteiger partial charge in [-0.1, -0.05) is 13.0 Å². The van der Waals surface area contributed by atoms with Crippen molar-refractivity contribution in [2.75, 3.05) is 27.4 Å². The van der Waals surface area contributed by atoms with Crippen molar-refractivity contribution in [1.29, 1.82) is 0 Å². The second kappa shape index (κ2) is 7.98. The first kappa shape index (κ1) is 18.2. The lowest BCUT2D eigenvalue weighted by Crippen LogP contribution is -2.40. The van der Waals surface area contributed by atoms with Crippen LogP contribution in [0.3, 0.4) is 0 Å². The molecule has 0 aliphatic rings. The predicted octanol–water partition coefficient (Wildman–Crippen LogP) is 2.48. The van der Waals surface area contributed by atoms with Crippen LogP contribution in [0.15, 0.2) is 23.1 Å². The van der Waals surface area contributed by atoms with Gasteiger partial charge in [-0.25, -0.2) is 8.42 Å². The average molecular weight is 336 g/mol. The summed E-state index contributed by atoms with van der Waals surface area (Å²) in [6.45, 7) is 4.29. The van der Waals surface area contributed by atoms with E-state index in [2.05, 4.69) is 0 Å². The molecule has 1 atom stereocenters. The van der Waals surface area contributed by atoms with Crippen molar-refractivity contribution < 1.29 is 17.9 Å². The van der Waals surface area contributed by atoms with Crippen LogP contribution in [0.2, 0.25) is 0 Å². The first-order valence-corrected chi connectivity index (χ1v) is 8.63. The molecule has 0 N–H and O–H groups in total. The number of benzene rings is 1. The van der Waals surface area contributed by atoms with Crippen molar-refractivity contribution in [3.8, 4) is 5.75 Å². The summed E-state index contributed by atoms with van der Waals surface area (Å²) in [6, 6.07) is 4.61. The molecule has 0 aromatic heterocycles. The van der Waals surface area contributed by atoms with Crippen LogP contribution in [0, 0.1) is 0 Å². The number of methoxy groups -OCH3 is 2. The number of ether oxygens (including phenoxy) is 2. The van der Waals surface area contributed by atoms with Gasteiger partial charge in [-0.15, -0.1) is 11.6 Å². The van der Waals surface area contributed by atoms with Gasteiger partial charge >= 0.3 is 0 Å². The molecule has 1 aromatic rings. The fourth-order valence-electron chi connectivity index (χ4n) is 2.18. The number of alkyl halides is 1. The molecule has 0 heterocycles. The Balaban J connectivity index is 3.28. The molecule has 5 nitrogen and oxygen atoms in total. The van der Waals surface area contributed by atoms with E-state index in [1.807, 2.05) is 6.92 Å². The molecule has 0 radical (unpaired) electrons. The van der Waals surface area contributed by atoms with Crippen molar-refractivity contribution in [2.24, 2.45) is 0 Å². The van der Waals surface area contributed by atoms with Gasteiger partial charge < -0.3 is 9.47 Å². The van der Waals surface area contributed by atoms with Crippen molar-refractivity contribution in [2.45, 2.75) is 30.7 Å². The quantitative estimate of drug-likeness (QED) is 0.685. The van der Waals surface area contributed by atoms with E-state index in [0.717, 1.165) is 5.56 Å². The zero-order valence-corrected chi connectivity index (χ0v) is 14.4. The summed E-state index contributed by atoms with van der Waals surface area (Å²) < 4.78 is 37.3. The molecule has 1 aromatic carbocycles. The first-order valence-electron chi connectivity index (χ1n) is 6.66. The Bertz CT molecular complexity index is 562. The molecular formula is C14H22ClNO4S. The summed E-state index contributed by atoms with van der Waals surface area (Å²) in [5, 5.41) is 0. The Morgan fingerprint density at radius 2 is 2.00 bits per heavy atom. The molecule has 0 bridgehead atoms. The molecule has 0 spiro atoms. The molecule has 7 heteroatoms. The van der Waals surface area contributed by atoms with Gasteiger partial charge in [0.15, 0.2) is 0 Å². The van der Waals surface area contributed by atoms with Crippen LogP contribution in [0.4, 0.5) is 0 Å². The zero-order valence-electron chi connectivity index (χ0n) is 12.8. The maximum atomic E-state index is 12.8. The third kappa shape index (κ3) is 4.10. The lowest BCUT2D eigenvalue weighted by molar-refractivity contribution is 0.142. The van der Waals surface area contributed by atoms with E-state index >= 15 is 0 Å². The zero-order chi connectivity index (χ0) is 16.0. The predicted molar refractivity (Wildman–Crippen MR) is 83.5 cm³/mol. The summed E-state index contributed by atoms with van der Waals surface area (Å²) in [5.74, 6) is 0.602. The number of nitrogens with zero attached hydrogens (tertiary/aromatic N) is 1. The highest BCUT2D eigenvalue weighted by molar-refractivity contribution is 7.89. The molecule has 120 valence electrons. The Labute approximate surface area is 131 Å². The fourth-order valence-corrected chi connectivity index (χ4v) is 4.11. The number of hydrogen-bond acceptors (Lipinski definition) is 4. The van der Waals surface area contributed by atoms with Crippen LogP contribution in [-0.2, 0) is 20.6 Å². The highest BCUT2D eigenvalue weighted by Gasteiger charge is 2.30. The fraction of sp³-hybridized carbons (Fsp3) is 0.571. The van der Waals surface area contributed by atoms with Crippen LogP contribution in [0.25, 0.3) is 0 Å². The van der Waals surface area contributed by atoms with Crippen LogP contribution in [-0.4, -0.2) is 46.1 Å². The number of likely N-dealkylation sites (N-methyl/N-ethyl adjacent to an activating group) is 1. The highest BCUT2D eigenvalue weighted by atomic mass is 35.5. The summed E-state index contributed by atoms with van der Waals surface area (Å²) >= 11 is 5.77. The van der Waals surface area contributed by atoms with E-state index in [1.54, 1.807) is 26.2 Å². The van der Waals surface area contributed by atoms with E-state index in [-0.39, 0.29) is 10.9 Å². The van der Waals surface area contributed by atoms with Crippen molar-refractivity contribution in [3.05, 3.63) is 23.8 Å². The average Bonchev–Trinajstić information content (AvgIpc) is 2.47. The molecule has 0 amide bonds. The highest BCUT2D eigenvalue weighted by Crippen LogP contribution is 2.29. The second-order valence-electron chi connectivity index (χ2n) is 4.63. The SMILES string of the molecule is CCN(C(C)COC)S(=O)(=O)c1ccc(CCl)cc1OC. The van der Waals surface area contributed by atoms with Gasteiger partial charge in [0.05, 0.1) is 13.7 Å². The lowest BCUT2D eigenvalue weighted by Gasteiger charge is -2.27. The standard InChI is InChI=1S/C14H22ClNO4S/c1-5-16(11(2)10-19-3)21(17,18)14-7-6-12(9-15)8-13(14)20-4/h6-8,11H,5,9-10H2,1-4H3. The Hall–Kier alpha value is -0.820. The summed E-state index contributed by atoms with van der Waals surface area (Å²) in [6.07, 6.45) is 0. The topological polar surface area (TPSA) is 55.8 Å². The van der Waals surface area contributed by atoms with Gasteiger partial charge in [-0.05, 0) is 24.6 Å². The minimum atomic E-state index is -3.66. The van der Waals surface area contributed by atoms with Gasteiger partial charge in [0.25, 0.3) is 0 Å². The molecule has 0 saturated carbocycles. The monoisotopic (exact) mass is 335 g/mol. The number of hydrogen-bond donors (Lipinski definition) is 0. The van der Waals surface area contributed by atoms with Gasteiger partial charge in [0, 0.05) is 25.6 Å². The second-order valence-corrected chi connectivity index (χ2v) is 6.76. The summed E-state index contributed by atoms with van der Waals surface area (Å²) in [4.78, 5) is 0.142. The van der Waals surface area contributed by atoms with E-state index in [9.17, 15) is 8.42 Å². The third-order valence-electron chi connectivity index (χ3n) is 3.18. The smallest absolute Gasteiger partial charge is 0.247 e. The Morgan fingerprint density at radius 3 is 2.48 bits per heavy atom. The molecule has 21 heavy (non-hydrogen) atoms. The van der Waals surface area contributed by atoms with E-state index < -0.39 is 10.0 Å². The van der Waals surface area contributed by atoms with Crippen LogP contribution < -0.4 is 4.74 Å². The van der Waals surface area contributed by atoms with Crippen LogP contribution in [0.1, 0.15) is 19.4 Å². The van der Waals surface area contributed by atoms with Gasteiger partial charge in [-0.3, -0.25) is 0 Å². The number of sulfonamides is 1. The van der Waals surface area contributed by atoms with Gasteiger partial charge in [0.1, 0.15) is 10.6 Å². The maximum absolute atomic E-state index is 12.8. The summed E-state index contributed by atoms with van der Waals surface area (Å²) in [5.41, 5.74) is 0.806. The van der Waals surface area contributed by atoms with Crippen LogP contribution >= 0.6 is 11.6 Å². The molecule has 0 saturated heterocycles. The van der Waals surface area contributed by atoms with Gasteiger partial charge in [0.2, 0.25) is 10.0 Å². The van der Waals surface area contributed by atoms with Crippen molar-refractivity contribution in [1.82, 2.24) is 4.31 Å². The Morgan fingerprint density at radius 1 is 1.33 bits per heavy atom. The normalized spacial score (nSPS) is 13.4. The molecule has 0 fully saturated rings.